The zero-order valence-corrected chi connectivity index (χ0v) is 15.4. The normalized spacial score (nSPS) is 14.6. The van der Waals surface area contributed by atoms with Crippen molar-refractivity contribution in [2.45, 2.75) is 47.6 Å². The van der Waals surface area contributed by atoms with Gasteiger partial charge in [-0.05, 0) is 45.2 Å². The first-order chi connectivity index (χ1) is 12.0. The summed E-state index contributed by atoms with van der Waals surface area (Å²) in [6.07, 6.45) is 0.585. The Balaban J connectivity index is 2.22. The van der Waals surface area contributed by atoms with Gasteiger partial charge in [-0.25, -0.2) is 9.97 Å². The van der Waals surface area contributed by atoms with E-state index in [1.165, 1.54) is 16.7 Å². The van der Waals surface area contributed by atoms with E-state index in [2.05, 4.69) is 52.9 Å². The van der Waals surface area contributed by atoms with Gasteiger partial charge >= 0.3 is 0 Å². The minimum absolute atomic E-state index is 0.407. The molecule has 1 aliphatic rings. The molecule has 0 bridgehead atoms. The van der Waals surface area contributed by atoms with E-state index in [0.717, 1.165) is 17.1 Å². The smallest absolute Gasteiger partial charge is 0.144 e. The minimum Gasteiger partial charge on any atom is -0.411 e. The maximum Gasteiger partial charge on any atom is 0.144 e. The van der Waals surface area contributed by atoms with Gasteiger partial charge in [-0.15, -0.1) is 0 Å². The van der Waals surface area contributed by atoms with Gasteiger partial charge in [-0.1, -0.05) is 29.8 Å². The number of oxime groups is 1. The highest BCUT2D eigenvalue weighted by Gasteiger charge is 2.27. The molecule has 2 heterocycles. The van der Waals surface area contributed by atoms with E-state index in [9.17, 15) is 5.21 Å². The molecule has 1 aromatic carbocycles. The number of hydrogen-bond donors (Lipinski definition) is 1. The summed E-state index contributed by atoms with van der Waals surface area (Å²) < 4.78 is 5.83. The highest BCUT2D eigenvalue weighted by molar-refractivity contribution is 6.00. The molecule has 0 fully saturated rings. The second-order valence-corrected chi connectivity index (χ2v) is 6.47. The Morgan fingerprint density at radius 3 is 2.48 bits per heavy atom. The number of hydrogen-bond acceptors (Lipinski definition) is 6. The van der Waals surface area contributed by atoms with Crippen LogP contribution in [0.5, 0.6) is 0 Å². The van der Waals surface area contributed by atoms with Crippen molar-refractivity contribution >= 4 is 17.2 Å². The molecule has 0 spiro atoms. The molecule has 0 amide bonds. The second kappa shape index (κ2) is 6.80. The van der Waals surface area contributed by atoms with Crippen molar-refractivity contribution < 1.29 is 9.94 Å². The topological polar surface area (TPSA) is 70.8 Å². The molecule has 0 radical (unpaired) electrons. The number of nitrogens with zero attached hydrogens (tertiary/aromatic N) is 4. The third-order valence-corrected chi connectivity index (χ3v) is 4.45. The van der Waals surface area contributed by atoms with Crippen molar-refractivity contribution in [1.82, 2.24) is 9.97 Å². The molecule has 0 saturated heterocycles. The maximum absolute atomic E-state index is 9.35. The van der Waals surface area contributed by atoms with Gasteiger partial charge in [-0.3, -0.25) is 0 Å². The standard InChI is InChI=1S/C19H24N4O2/c1-6-16(22-24)17-15-9-25-10-23(19(15)21-14(5)20-17)18-12(3)7-11(2)8-13(18)4/h7-8,24H,6,9-10H2,1-5H3/b22-16-. The van der Waals surface area contributed by atoms with Gasteiger partial charge in [0.1, 0.15) is 24.1 Å². The number of aryl methyl sites for hydroxylation is 4. The van der Waals surface area contributed by atoms with E-state index >= 15 is 0 Å². The van der Waals surface area contributed by atoms with Gasteiger partial charge in [0.2, 0.25) is 0 Å². The number of aromatic nitrogens is 2. The molecule has 0 saturated carbocycles. The number of fused-ring (bicyclic) bond motifs is 1. The van der Waals surface area contributed by atoms with Crippen LogP contribution >= 0.6 is 0 Å². The summed E-state index contributed by atoms with van der Waals surface area (Å²) in [5.74, 6) is 1.48. The summed E-state index contributed by atoms with van der Waals surface area (Å²) in [6.45, 7) is 10.9. The van der Waals surface area contributed by atoms with Crippen molar-refractivity contribution in [2.75, 3.05) is 11.6 Å². The van der Waals surface area contributed by atoms with Gasteiger partial charge in [0.05, 0.1) is 18.0 Å². The maximum atomic E-state index is 9.35. The molecule has 132 valence electrons. The molecule has 1 N–H and O–H groups in total. The first kappa shape index (κ1) is 17.4. The fourth-order valence-corrected chi connectivity index (χ4v) is 3.53. The third-order valence-electron chi connectivity index (χ3n) is 4.45. The first-order valence-electron chi connectivity index (χ1n) is 8.48. The molecule has 1 aliphatic heterocycles. The highest BCUT2D eigenvalue weighted by atomic mass is 16.5. The Hall–Kier alpha value is -2.47. The van der Waals surface area contributed by atoms with E-state index < -0.39 is 0 Å². The van der Waals surface area contributed by atoms with Crippen LogP contribution in [0.4, 0.5) is 11.5 Å². The molecule has 0 unspecified atom stereocenters. The van der Waals surface area contributed by atoms with E-state index in [4.69, 9.17) is 4.74 Å². The van der Waals surface area contributed by atoms with Crippen LogP contribution in [0.15, 0.2) is 17.3 Å². The zero-order chi connectivity index (χ0) is 18.1. The monoisotopic (exact) mass is 340 g/mol. The van der Waals surface area contributed by atoms with E-state index in [0.29, 0.717) is 37.0 Å². The van der Waals surface area contributed by atoms with Crippen LogP contribution < -0.4 is 4.90 Å². The Labute approximate surface area is 148 Å². The minimum atomic E-state index is 0.407. The Bertz CT molecular complexity index is 823. The molecule has 0 aliphatic carbocycles. The molecular weight excluding hydrogens is 316 g/mol. The quantitative estimate of drug-likeness (QED) is 0.521. The summed E-state index contributed by atoms with van der Waals surface area (Å²) in [7, 11) is 0. The molecule has 6 heteroatoms. The number of ether oxygens (including phenoxy) is 1. The summed E-state index contributed by atoms with van der Waals surface area (Å²) in [6, 6.07) is 4.33. The summed E-state index contributed by atoms with van der Waals surface area (Å²) in [5, 5.41) is 12.8. The van der Waals surface area contributed by atoms with Crippen molar-refractivity contribution in [3.8, 4) is 0 Å². The first-order valence-corrected chi connectivity index (χ1v) is 8.48. The van der Waals surface area contributed by atoms with E-state index in [1.807, 2.05) is 13.8 Å². The lowest BCUT2D eigenvalue weighted by Crippen LogP contribution is -2.31. The van der Waals surface area contributed by atoms with Gasteiger partial charge in [0.25, 0.3) is 0 Å². The summed E-state index contributed by atoms with van der Waals surface area (Å²) >= 11 is 0. The molecule has 6 nitrogen and oxygen atoms in total. The lowest BCUT2D eigenvalue weighted by atomic mass is 10.0. The van der Waals surface area contributed by atoms with Crippen molar-refractivity contribution in [3.05, 3.63) is 45.9 Å². The van der Waals surface area contributed by atoms with Crippen molar-refractivity contribution in [2.24, 2.45) is 5.16 Å². The largest absolute Gasteiger partial charge is 0.411 e. The highest BCUT2D eigenvalue weighted by Crippen LogP contribution is 2.37. The molecular formula is C19H24N4O2. The van der Waals surface area contributed by atoms with Crippen LogP contribution in [-0.2, 0) is 11.3 Å². The lowest BCUT2D eigenvalue weighted by Gasteiger charge is -2.33. The number of anilines is 2. The third kappa shape index (κ3) is 3.09. The molecule has 2 aromatic rings. The summed E-state index contributed by atoms with van der Waals surface area (Å²) in [5.41, 5.74) is 6.78. The predicted octanol–water partition coefficient (Wildman–Crippen LogP) is 3.92. The average Bonchev–Trinajstić information content (AvgIpc) is 2.55. The van der Waals surface area contributed by atoms with Crippen molar-refractivity contribution in [3.63, 3.8) is 0 Å². The van der Waals surface area contributed by atoms with Crippen LogP contribution in [0.3, 0.4) is 0 Å². The SMILES string of the molecule is CC/C(=N/O)c1nc(C)nc2c1COCN2c1c(C)cc(C)cc1C. The van der Waals surface area contributed by atoms with Gasteiger partial charge in [-0.2, -0.15) is 0 Å². The van der Waals surface area contributed by atoms with Crippen LogP contribution in [-0.4, -0.2) is 27.6 Å². The Morgan fingerprint density at radius 2 is 1.88 bits per heavy atom. The van der Waals surface area contributed by atoms with Gasteiger partial charge in [0.15, 0.2) is 0 Å². The second-order valence-electron chi connectivity index (χ2n) is 6.47. The van der Waals surface area contributed by atoms with Crippen LogP contribution in [0.2, 0.25) is 0 Å². The summed E-state index contributed by atoms with van der Waals surface area (Å²) in [4.78, 5) is 11.3. The fourth-order valence-electron chi connectivity index (χ4n) is 3.53. The Morgan fingerprint density at radius 1 is 1.20 bits per heavy atom. The van der Waals surface area contributed by atoms with Gasteiger partial charge in [0, 0.05) is 5.56 Å². The van der Waals surface area contributed by atoms with Crippen molar-refractivity contribution in [1.29, 1.82) is 0 Å². The van der Waals surface area contributed by atoms with Crippen LogP contribution in [0.1, 0.15) is 47.1 Å². The fraction of sp³-hybridized carbons (Fsp3) is 0.421. The molecule has 25 heavy (non-hydrogen) atoms. The van der Waals surface area contributed by atoms with Gasteiger partial charge < -0.3 is 14.8 Å². The van der Waals surface area contributed by atoms with Crippen LogP contribution in [0.25, 0.3) is 0 Å². The van der Waals surface area contributed by atoms with E-state index in [-0.39, 0.29) is 0 Å². The van der Waals surface area contributed by atoms with E-state index in [1.54, 1.807) is 0 Å². The average molecular weight is 340 g/mol. The molecule has 1 aromatic heterocycles. The lowest BCUT2D eigenvalue weighted by molar-refractivity contribution is 0.115. The number of benzene rings is 1. The Kier molecular flexibility index (Phi) is 4.72. The van der Waals surface area contributed by atoms with Crippen LogP contribution in [0, 0.1) is 27.7 Å². The molecule has 3 rings (SSSR count). The molecule has 0 atom stereocenters. The predicted molar refractivity (Wildman–Crippen MR) is 97.8 cm³/mol. The number of rotatable bonds is 3. The zero-order valence-electron chi connectivity index (χ0n) is 15.4.